The molecule has 0 spiro atoms. The number of nitrogens with zero attached hydrogens (tertiary/aromatic N) is 3. The van der Waals surface area contributed by atoms with Gasteiger partial charge in [-0.3, -0.25) is 9.59 Å². The molecule has 1 amide bonds. The number of unbranched alkanes of at least 4 members (excludes halogenated alkanes) is 1. The molecule has 1 fully saturated rings. The highest BCUT2D eigenvalue weighted by atomic mass is 35.5. The highest BCUT2D eigenvalue weighted by molar-refractivity contribution is 6.30. The number of carboxylic acids is 1. The molecule has 9 heteroatoms. The van der Waals surface area contributed by atoms with Crippen LogP contribution in [0.2, 0.25) is 5.02 Å². The highest BCUT2D eigenvalue weighted by Gasteiger charge is 2.33. The number of aryl methyl sites for hydroxylation is 1. The number of fused-ring (bicyclic) bond motifs is 1. The maximum atomic E-state index is 13.6. The number of benzene rings is 3. The van der Waals surface area contributed by atoms with Gasteiger partial charge in [0.2, 0.25) is 0 Å². The van der Waals surface area contributed by atoms with Crippen LogP contribution < -0.4 is 0 Å². The molecule has 5 rings (SSSR count). The molecule has 1 saturated heterocycles. The van der Waals surface area contributed by atoms with E-state index in [9.17, 15) is 18.4 Å². The number of halogens is 3. The van der Waals surface area contributed by atoms with Crippen molar-refractivity contribution in [2.45, 2.75) is 31.6 Å². The Labute approximate surface area is 222 Å². The number of carbonyl (C=O) groups is 2. The number of carboxylic acid groups (broad SMARTS) is 1. The van der Waals surface area contributed by atoms with Gasteiger partial charge in [0.25, 0.3) is 5.91 Å². The Kier molecular flexibility index (Phi) is 7.33. The summed E-state index contributed by atoms with van der Waals surface area (Å²) in [7, 11) is 0. The molecule has 38 heavy (non-hydrogen) atoms. The first-order chi connectivity index (χ1) is 18.3. The topological polar surface area (TPSA) is 83.4 Å². The lowest BCUT2D eigenvalue weighted by atomic mass is 9.90. The first-order valence-corrected chi connectivity index (χ1v) is 12.7. The van der Waals surface area contributed by atoms with Crippen LogP contribution in [0.3, 0.4) is 0 Å². The van der Waals surface area contributed by atoms with E-state index in [4.69, 9.17) is 26.7 Å². The Bertz CT molecular complexity index is 1520. The van der Waals surface area contributed by atoms with Crippen LogP contribution >= 0.6 is 11.6 Å². The Morgan fingerprint density at radius 3 is 2.39 bits per heavy atom. The van der Waals surface area contributed by atoms with E-state index in [1.54, 1.807) is 41.3 Å². The van der Waals surface area contributed by atoms with E-state index in [0.29, 0.717) is 65.2 Å². The second kappa shape index (κ2) is 10.8. The van der Waals surface area contributed by atoms with Gasteiger partial charge in [-0.15, -0.1) is 0 Å². The molecule has 0 radical (unpaired) electrons. The Hall–Kier alpha value is -3.91. The SMILES string of the molecule is O=C(O)CCCCc1nc2cc(C(=O)N3CC(c4ccc(F)c(F)c4)C3)ccc2nc1-c1ccc(Cl)cc1. The minimum Gasteiger partial charge on any atom is -0.481 e. The average Bonchev–Trinajstić information content (AvgIpc) is 2.87. The van der Waals surface area contributed by atoms with Crippen molar-refractivity contribution in [3.8, 4) is 11.3 Å². The number of aromatic nitrogens is 2. The molecule has 0 aliphatic carbocycles. The zero-order chi connectivity index (χ0) is 26.8. The number of likely N-dealkylation sites (tertiary alicyclic amines) is 1. The molecule has 1 N–H and O–H groups in total. The van der Waals surface area contributed by atoms with Crippen molar-refractivity contribution in [3.05, 3.63) is 94.1 Å². The lowest BCUT2D eigenvalue weighted by Gasteiger charge is -2.39. The Morgan fingerprint density at radius 1 is 0.921 bits per heavy atom. The predicted molar refractivity (Wildman–Crippen MR) is 140 cm³/mol. The van der Waals surface area contributed by atoms with Crippen LogP contribution in [0.4, 0.5) is 8.78 Å². The first kappa shape index (κ1) is 25.7. The van der Waals surface area contributed by atoms with E-state index >= 15 is 0 Å². The van der Waals surface area contributed by atoms with Crippen molar-refractivity contribution < 1.29 is 23.5 Å². The van der Waals surface area contributed by atoms with E-state index < -0.39 is 17.6 Å². The van der Waals surface area contributed by atoms with Gasteiger partial charge in [0, 0.05) is 41.6 Å². The van der Waals surface area contributed by atoms with Gasteiger partial charge in [0.1, 0.15) is 0 Å². The minimum absolute atomic E-state index is 0.0476. The van der Waals surface area contributed by atoms with Crippen LogP contribution in [-0.4, -0.2) is 44.9 Å². The van der Waals surface area contributed by atoms with Gasteiger partial charge in [-0.1, -0.05) is 29.8 Å². The third-order valence-electron chi connectivity index (χ3n) is 6.74. The summed E-state index contributed by atoms with van der Waals surface area (Å²) in [4.78, 5) is 35.3. The average molecular weight is 536 g/mol. The van der Waals surface area contributed by atoms with E-state index in [1.165, 1.54) is 6.07 Å². The van der Waals surface area contributed by atoms with Gasteiger partial charge in [-0.25, -0.2) is 18.7 Å². The maximum Gasteiger partial charge on any atom is 0.303 e. The zero-order valence-electron chi connectivity index (χ0n) is 20.3. The summed E-state index contributed by atoms with van der Waals surface area (Å²) in [6.07, 6.45) is 1.76. The van der Waals surface area contributed by atoms with Crippen molar-refractivity contribution in [1.29, 1.82) is 0 Å². The maximum absolute atomic E-state index is 13.6. The van der Waals surface area contributed by atoms with Crippen molar-refractivity contribution in [2.75, 3.05) is 13.1 Å². The summed E-state index contributed by atoms with van der Waals surface area (Å²) >= 11 is 6.05. The molecule has 2 heterocycles. The summed E-state index contributed by atoms with van der Waals surface area (Å²) in [5.74, 6) is -2.84. The number of aliphatic carboxylic acids is 1. The van der Waals surface area contributed by atoms with Crippen molar-refractivity contribution in [2.24, 2.45) is 0 Å². The summed E-state index contributed by atoms with van der Waals surface area (Å²) in [5, 5.41) is 9.56. The molecule has 0 bridgehead atoms. The van der Waals surface area contributed by atoms with Crippen LogP contribution in [0.15, 0.2) is 60.7 Å². The molecule has 1 aromatic heterocycles. The molecule has 194 valence electrons. The normalized spacial score (nSPS) is 13.5. The quantitative estimate of drug-likeness (QED) is 0.269. The molecule has 0 saturated carbocycles. The monoisotopic (exact) mass is 535 g/mol. The van der Waals surface area contributed by atoms with Gasteiger partial charge < -0.3 is 10.0 Å². The van der Waals surface area contributed by atoms with E-state index in [0.717, 1.165) is 17.3 Å². The number of carbonyl (C=O) groups excluding carboxylic acids is 1. The van der Waals surface area contributed by atoms with E-state index in [-0.39, 0.29) is 18.2 Å². The van der Waals surface area contributed by atoms with Crippen molar-refractivity contribution >= 4 is 34.5 Å². The van der Waals surface area contributed by atoms with Gasteiger partial charge in [0.15, 0.2) is 11.6 Å². The largest absolute Gasteiger partial charge is 0.481 e. The third-order valence-corrected chi connectivity index (χ3v) is 6.99. The fourth-order valence-corrected chi connectivity index (χ4v) is 4.74. The van der Waals surface area contributed by atoms with E-state index in [2.05, 4.69) is 0 Å². The number of amides is 1. The first-order valence-electron chi connectivity index (χ1n) is 12.3. The van der Waals surface area contributed by atoms with Crippen LogP contribution in [0.1, 0.15) is 46.8 Å². The lowest BCUT2D eigenvalue weighted by molar-refractivity contribution is -0.137. The van der Waals surface area contributed by atoms with Crippen molar-refractivity contribution in [1.82, 2.24) is 14.9 Å². The van der Waals surface area contributed by atoms with Crippen LogP contribution in [0.25, 0.3) is 22.3 Å². The van der Waals surface area contributed by atoms with Gasteiger partial charge in [-0.05, 0) is 67.3 Å². The van der Waals surface area contributed by atoms with Gasteiger partial charge in [-0.2, -0.15) is 0 Å². The lowest BCUT2D eigenvalue weighted by Crippen LogP contribution is -2.48. The second-order valence-electron chi connectivity index (χ2n) is 9.41. The van der Waals surface area contributed by atoms with Crippen LogP contribution in [0.5, 0.6) is 0 Å². The van der Waals surface area contributed by atoms with Crippen LogP contribution in [-0.2, 0) is 11.2 Å². The summed E-state index contributed by atoms with van der Waals surface area (Å²) < 4.78 is 26.8. The molecule has 0 unspecified atom stereocenters. The van der Waals surface area contributed by atoms with E-state index in [1.807, 2.05) is 12.1 Å². The zero-order valence-corrected chi connectivity index (χ0v) is 21.1. The third kappa shape index (κ3) is 5.50. The fourth-order valence-electron chi connectivity index (χ4n) is 4.61. The number of rotatable bonds is 8. The van der Waals surface area contributed by atoms with Gasteiger partial charge in [0.05, 0.1) is 22.4 Å². The van der Waals surface area contributed by atoms with Crippen molar-refractivity contribution in [3.63, 3.8) is 0 Å². The molecule has 1 aliphatic heterocycles. The second-order valence-corrected chi connectivity index (χ2v) is 9.85. The molecule has 4 aromatic rings. The summed E-state index contributed by atoms with van der Waals surface area (Å²) in [5.41, 5.74) is 4.59. The molecule has 6 nitrogen and oxygen atoms in total. The Morgan fingerprint density at radius 2 is 1.68 bits per heavy atom. The molecule has 3 aromatic carbocycles. The molecule has 0 atom stereocenters. The minimum atomic E-state index is -0.892. The Balaban J connectivity index is 1.38. The number of hydrogen-bond acceptors (Lipinski definition) is 4. The molecular formula is C29H24ClF2N3O3. The fraction of sp³-hybridized carbons (Fsp3) is 0.241. The summed E-state index contributed by atoms with van der Waals surface area (Å²) in [6, 6.07) is 16.3. The van der Waals surface area contributed by atoms with Gasteiger partial charge >= 0.3 is 5.97 Å². The standard InChI is InChI=1S/C29H24ClF2N3O3/c30-21-9-5-17(6-10-21)28-25(3-1-2-4-27(36)37)33-26-14-19(8-12-24(26)34-28)29(38)35-15-20(16-35)18-7-11-22(31)23(32)13-18/h5-14,20H,1-4,15-16H2,(H,36,37). The molecular weight excluding hydrogens is 512 g/mol. The highest BCUT2D eigenvalue weighted by Crippen LogP contribution is 2.31. The molecule has 1 aliphatic rings. The summed E-state index contributed by atoms with van der Waals surface area (Å²) in [6.45, 7) is 0.829. The number of hydrogen-bond donors (Lipinski definition) is 1. The predicted octanol–water partition coefficient (Wildman–Crippen LogP) is 6.27. The van der Waals surface area contributed by atoms with Crippen LogP contribution in [0, 0.1) is 11.6 Å². The smallest absolute Gasteiger partial charge is 0.303 e.